The van der Waals surface area contributed by atoms with E-state index in [1.54, 1.807) is 16.2 Å². The summed E-state index contributed by atoms with van der Waals surface area (Å²) in [5.41, 5.74) is 1.07. The highest BCUT2D eigenvalue weighted by molar-refractivity contribution is 7.18. The van der Waals surface area contributed by atoms with Crippen LogP contribution < -0.4 is 0 Å². The van der Waals surface area contributed by atoms with Crippen LogP contribution in [0.5, 0.6) is 0 Å². The summed E-state index contributed by atoms with van der Waals surface area (Å²) in [6, 6.07) is 12.3. The van der Waals surface area contributed by atoms with Gasteiger partial charge in [-0.05, 0) is 37.1 Å². The summed E-state index contributed by atoms with van der Waals surface area (Å²) < 4.78 is 1.18. The van der Waals surface area contributed by atoms with Gasteiger partial charge in [-0.1, -0.05) is 23.7 Å². The molecule has 2 heterocycles. The Morgan fingerprint density at radius 3 is 2.67 bits per heavy atom. The molecule has 138 valence electrons. The quantitative estimate of drug-likeness (QED) is 0.463. The molecule has 0 aliphatic carbocycles. The topological polar surface area (TPSA) is 76.3 Å². The number of piperidine rings is 1. The van der Waals surface area contributed by atoms with Crippen molar-refractivity contribution in [3.63, 3.8) is 0 Å². The number of fused-ring (bicyclic) bond motifs is 1. The third kappa shape index (κ3) is 3.52. The first-order valence-corrected chi connectivity index (χ1v) is 9.81. The van der Waals surface area contributed by atoms with Gasteiger partial charge in [0.2, 0.25) is 0 Å². The molecular weight excluding hydrogens is 386 g/mol. The van der Waals surface area contributed by atoms with E-state index in [9.17, 15) is 14.9 Å². The Balaban J connectivity index is 1.46. The van der Waals surface area contributed by atoms with Gasteiger partial charge in [0.25, 0.3) is 11.6 Å². The number of rotatable bonds is 3. The number of carbonyl (C=O) groups excluding carboxylic acids is 1. The van der Waals surface area contributed by atoms with Gasteiger partial charge in [-0.2, -0.15) is 0 Å². The lowest BCUT2D eigenvalue weighted by molar-refractivity contribution is -0.384. The zero-order valence-electron chi connectivity index (χ0n) is 14.3. The first-order chi connectivity index (χ1) is 13.0. The van der Waals surface area contributed by atoms with Gasteiger partial charge in [0.15, 0.2) is 0 Å². The van der Waals surface area contributed by atoms with E-state index in [4.69, 9.17) is 16.6 Å². The molecule has 1 aliphatic rings. The Bertz CT molecular complexity index is 995. The number of para-hydroxylation sites is 1. The van der Waals surface area contributed by atoms with Crippen molar-refractivity contribution >= 4 is 44.7 Å². The van der Waals surface area contributed by atoms with Gasteiger partial charge in [-0.15, -0.1) is 11.3 Å². The summed E-state index contributed by atoms with van der Waals surface area (Å²) in [4.78, 5) is 29.7. The number of benzene rings is 2. The van der Waals surface area contributed by atoms with Gasteiger partial charge >= 0.3 is 0 Å². The van der Waals surface area contributed by atoms with E-state index in [2.05, 4.69) is 6.07 Å². The van der Waals surface area contributed by atoms with Crippen LogP contribution in [0.1, 0.15) is 34.1 Å². The van der Waals surface area contributed by atoms with Crippen LogP contribution in [0.25, 0.3) is 10.2 Å². The van der Waals surface area contributed by atoms with E-state index in [1.165, 1.54) is 22.9 Å². The molecule has 1 aromatic heterocycles. The van der Waals surface area contributed by atoms with Crippen molar-refractivity contribution in [3.8, 4) is 0 Å². The molecule has 8 heteroatoms. The molecule has 2 aromatic carbocycles. The average Bonchev–Trinajstić information content (AvgIpc) is 3.12. The molecule has 0 atom stereocenters. The fourth-order valence-corrected chi connectivity index (χ4v) is 4.69. The van der Waals surface area contributed by atoms with Crippen molar-refractivity contribution in [1.82, 2.24) is 9.88 Å². The van der Waals surface area contributed by atoms with E-state index in [0.717, 1.165) is 23.4 Å². The molecule has 4 rings (SSSR count). The molecule has 0 radical (unpaired) electrons. The van der Waals surface area contributed by atoms with Crippen molar-refractivity contribution in [2.45, 2.75) is 18.8 Å². The lowest BCUT2D eigenvalue weighted by Crippen LogP contribution is -2.37. The number of likely N-dealkylation sites (tertiary alicyclic amines) is 1. The molecule has 0 N–H and O–H groups in total. The molecule has 1 saturated heterocycles. The van der Waals surface area contributed by atoms with Crippen molar-refractivity contribution in [2.75, 3.05) is 13.1 Å². The molecule has 27 heavy (non-hydrogen) atoms. The Labute approximate surface area is 164 Å². The summed E-state index contributed by atoms with van der Waals surface area (Å²) in [7, 11) is 0. The number of aromatic nitrogens is 1. The number of carbonyl (C=O) groups is 1. The number of hydrogen-bond acceptors (Lipinski definition) is 5. The van der Waals surface area contributed by atoms with E-state index >= 15 is 0 Å². The van der Waals surface area contributed by atoms with E-state index in [1.807, 2.05) is 18.2 Å². The maximum atomic E-state index is 12.7. The number of nitro groups is 1. The molecule has 0 spiro atoms. The van der Waals surface area contributed by atoms with Gasteiger partial charge < -0.3 is 4.90 Å². The molecule has 1 fully saturated rings. The molecular formula is C19H16ClN3O3S. The number of thiazole rings is 1. The first kappa shape index (κ1) is 17.9. The van der Waals surface area contributed by atoms with Gasteiger partial charge in [-0.25, -0.2) is 4.98 Å². The predicted octanol–water partition coefficient (Wildman–Crippen LogP) is 4.88. The smallest absolute Gasteiger partial charge is 0.288 e. The number of amides is 1. The van der Waals surface area contributed by atoms with Crippen LogP contribution in [-0.2, 0) is 0 Å². The predicted molar refractivity (Wildman–Crippen MR) is 106 cm³/mol. The molecule has 3 aromatic rings. The van der Waals surface area contributed by atoms with Crippen LogP contribution >= 0.6 is 22.9 Å². The Morgan fingerprint density at radius 2 is 1.96 bits per heavy atom. The largest absolute Gasteiger partial charge is 0.339 e. The monoisotopic (exact) mass is 401 g/mol. The van der Waals surface area contributed by atoms with E-state index in [0.29, 0.717) is 24.6 Å². The van der Waals surface area contributed by atoms with Gasteiger partial charge in [0.1, 0.15) is 5.02 Å². The summed E-state index contributed by atoms with van der Waals surface area (Å²) in [6.07, 6.45) is 1.67. The fraction of sp³-hybridized carbons (Fsp3) is 0.263. The second kappa shape index (κ2) is 7.25. The van der Waals surface area contributed by atoms with Gasteiger partial charge in [-0.3, -0.25) is 14.9 Å². The van der Waals surface area contributed by atoms with Gasteiger partial charge in [0, 0.05) is 30.6 Å². The molecule has 0 unspecified atom stereocenters. The Kier molecular flexibility index (Phi) is 4.80. The lowest BCUT2D eigenvalue weighted by Gasteiger charge is -2.31. The zero-order chi connectivity index (χ0) is 19.0. The number of hydrogen-bond donors (Lipinski definition) is 0. The minimum atomic E-state index is -0.571. The normalized spacial score (nSPS) is 15.2. The van der Waals surface area contributed by atoms with Crippen molar-refractivity contribution in [3.05, 3.63) is 68.2 Å². The second-order valence-corrected chi connectivity index (χ2v) is 7.98. The van der Waals surface area contributed by atoms with Crippen LogP contribution in [0, 0.1) is 10.1 Å². The summed E-state index contributed by atoms with van der Waals surface area (Å²) in [6.45, 7) is 1.21. The van der Waals surface area contributed by atoms with E-state index in [-0.39, 0.29) is 16.6 Å². The number of halogens is 1. The fourth-order valence-electron chi connectivity index (χ4n) is 3.36. The third-order valence-corrected chi connectivity index (χ3v) is 6.35. The summed E-state index contributed by atoms with van der Waals surface area (Å²) in [5, 5.41) is 12.2. The highest BCUT2D eigenvalue weighted by atomic mass is 35.5. The zero-order valence-corrected chi connectivity index (χ0v) is 15.9. The molecule has 1 amide bonds. The molecule has 6 nitrogen and oxygen atoms in total. The molecule has 1 aliphatic heterocycles. The SMILES string of the molecule is O=C(c1ccc(Cl)c([N+](=O)[O-])c1)N1CCC(c2nc3ccccc3s2)CC1. The van der Waals surface area contributed by atoms with Crippen LogP contribution in [-0.4, -0.2) is 33.8 Å². The maximum absolute atomic E-state index is 12.7. The van der Waals surface area contributed by atoms with Gasteiger partial charge in [0.05, 0.1) is 20.1 Å². The van der Waals surface area contributed by atoms with Crippen LogP contribution in [0.4, 0.5) is 5.69 Å². The van der Waals surface area contributed by atoms with Crippen molar-refractivity contribution < 1.29 is 9.72 Å². The minimum Gasteiger partial charge on any atom is -0.339 e. The summed E-state index contributed by atoms with van der Waals surface area (Å²) in [5.74, 6) is 0.142. The van der Waals surface area contributed by atoms with Crippen molar-refractivity contribution in [2.24, 2.45) is 0 Å². The standard InChI is InChI=1S/C19H16ClN3O3S/c20-14-6-5-13(11-16(14)23(25)26)19(24)22-9-7-12(8-10-22)18-21-15-3-1-2-4-17(15)27-18/h1-6,11-12H,7-10H2. The highest BCUT2D eigenvalue weighted by Crippen LogP contribution is 2.34. The average molecular weight is 402 g/mol. The highest BCUT2D eigenvalue weighted by Gasteiger charge is 2.27. The van der Waals surface area contributed by atoms with Crippen LogP contribution in [0.3, 0.4) is 0 Å². The number of nitrogens with zero attached hydrogens (tertiary/aromatic N) is 3. The Morgan fingerprint density at radius 1 is 1.22 bits per heavy atom. The third-order valence-electron chi connectivity index (χ3n) is 4.83. The minimum absolute atomic E-state index is 0.0334. The maximum Gasteiger partial charge on any atom is 0.288 e. The number of nitro benzene ring substituents is 1. The molecule has 0 saturated carbocycles. The summed E-state index contributed by atoms with van der Waals surface area (Å²) >= 11 is 7.54. The van der Waals surface area contributed by atoms with Crippen LogP contribution in [0.15, 0.2) is 42.5 Å². The second-order valence-electron chi connectivity index (χ2n) is 6.51. The van der Waals surface area contributed by atoms with E-state index < -0.39 is 4.92 Å². The molecule has 0 bridgehead atoms. The van der Waals surface area contributed by atoms with Crippen LogP contribution in [0.2, 0.25) is 5.02 Å². The van der Waals surface area contributed by atoms with Crippen molar-refractivity contribution in [1.29, 1.82) is 0 Å². The Hall–Kier alpha value is -2.51. The first-order valence-electron chi connectivity index (χ1n) is 8.61. The lowest BCUT2D eigenvalue weighted by atomic mass is 9.97.